The molecule has 11 heteroatoms. The third kappa shape index (κ3) is 3.98. The zero-order chi connectivity index (χ0) is 21.1. The fraction of sp³-hybridized carbons (Fsp3) is 0.105. The Hall–Kier alpha value is -3.44. The summed E-state index contributed by atoms with van der Waals surface area (Å²) in [4.78, 5) is 12.6. The van der Waals surface area contributed by atoms with Crippen LogP contribution in [0.25, 0.3) is 10.9 Å². The molecule has 30 heavy (non-hydrogen) atoms. The SMILES string of the molecule is COc1cc2ncnc(Nc3ccc(S(=O)(=O)Nc4nccs4)cc3)c2cc1OC. The summed E-state index contributed by atoms with van der Waals surface area (Å²) in [5, 5.41) is 5.93. The van der Waals surface area contributed by atoms with Gasteiger partial charge >= 0.3 is 0 Å². The number of ether oxygens (including phenoxy) is 2. The van der Waals surface area contributed by atoms with Crippen LogP contribution >= 0.6 is 11.3 Å². The minimum Gasteiger partial charge on any atom is -0.493 e. The van der Waals surface area contributed by atoms with E-state index >= 15 is 0 Å². The lowest BCUT2D eigenvalue weighted by Gasteiger charge is -2.12. The van der Waals surface area contributed by atoms with Crippen LogP contribution in [0.1, 0.15) is 0 Å². The van der Waals surface area contributed by atoms with E-state index in [0.29, 0.717) is 33.7 Å². The van der Waals surface area contributed by atoms with Crippen molar-refractivity contribution in [1.82, 2.24) is 15.0 Å². The number of benzene rings is 2. The fourth-order valence-corrected chi connectivity index (χ4v) is 4.57. The molecule has 0 spiro atoms. The lowest BCUT2D eigenvalue weighted by Crippen LogP contribution is -2.12. The van der Waals surface area contributed by atoms with Gasteiger partial charge in [0.25, 0.3) is 10.0 Å². The molecule has 0 aliphatic carbocycles. The molecule has 0 unspecified atom stereocenters. The van der Waals surface area contributed by atoms with Crippen LogP contribution in [0.5, 0.6) is 11.5 Å². The van der Waals surface area contributed by atoms with Crippen LogP contribution in [0.4, 0.5) is 16.6 Å². The summed E-state index contributed by atoms with van der Waals surface area (Å²) in [5.74, 6) is 1.67. The second-order valence-electron chi connectivity index (χ2n) is 6.04. The number of methoxy groups -OCH3 is 2. The van der Waals surface area contributed by atoms with E-state index in [2.05, 4.69) is 25.0 Å². The summed E-state index contributed by atoms with van der Waals surface area (Å²) in [6.45, 7) is 0. The first-order valence-electron chi connectivity index (χ1n) is 8.66. The summed E-state index contributed by atoms with van der Waals surface area (Å²) in [6.07, 6.45) is 2.97. The van der Waals surface area contributed by atoms with Gasteiger partial charge in [-0.1, -0.05) is 0 Å². The van der Waals surface area contributed by atoms with Crippen LogP contribution in [0.3, 0.4) is 0 Å². The topological polar surface area (TPSA) is 115 Å². The van der Waals surface area contributed by atoms with Gasteiger partial charge in [0.2, 0.25) is 0 Å². The van der Waals surface area contributed by atoms with Gasteiger partial charge in [0, 0.05) is 28.7 Å². The van der Waals surface area contributed by atoms with Crippen LogP contribution in [0.2, 0.25) is 0 Å². The summed E-state index contributed by atoms with van der Waals surface area (Å²) in [5.41, 5.74) is 1.34. The maximum atomic E-state index is 12.5. The highest BCUT2D eigenvalue weighted by molar-refractivity contribution is 7.93. The van der Waals surface area contributed by atoms with E-state index < -0.39 is 10.0 Å². The molecular weight excluding hydrogens is 426 g/mol. The van der Waals surface area contributed by atoms with Crippen molar-refractivity contribution < 1.29 is 17.9 Å². The van der Waals surface area contributed by atoms with Crippen molar-refractivity contribution in [3.8, 4) is 11.5 Å². The van der Waals surface area contributed by atoms with Crippen LogP contribution in [-0.4, -0.2) is 37.6 Å². The Morgan fingerprint density at radius 1 is 0.967 bits per heavy atom. The monoisotopic (exact) mass is 443 g/mol. The van der Waals surface area contributed by atoms with E-state index in [9.17, 15) is 8.42 Å². The maximum absolute atomic E-state index is 12.5. The first-order chi connectivity index (χ1) is 14.5. The van der Waals surface area contributed by atoms with Gasteiger partial charge < -0.3 is 14.8 Å². The molecule has 2 aromatic carbocycles. The molecule has 0 saturated carbocycles. The summed E-state index contributed by atoms with van der Waals surface area (Å²) in [6, 6.07) is 9.88. The van der Waals surface area contributed by atoms with E-state index in [1.807, 2.05) is 0 Å². The molecule has 4 rings (SSSR count). The molecule has 0 amide bonds. The van der Waals surface area contributed by atoms with Crippen LogP contribution in [-0.2, 0) is 10.0 Å². The van der Waals surface area contributed by atoms with E-state index in [4.69, 9.17) is 9.47 Å². The predicted molar refractivity (Wildman–Crippen MR) is 115 cm³/mol. The Morgan fingerprint density at radius 2 is 1.70 bits per heavy atom. The number of anilines is 3. The van der Waals surface area contributed by atoms with E-state index in [1.165, 1.54) is 36.0 Å². The summed E-state index contributed by atoms with van der Waals surface area (Å²) < 4.78 is 38.0. The van der Waals surface area contributed by atoms with Crippen molar-refractivity contribution in [2.24, 2.45) is 0 Å². The third-order valence-corrected chi connectivity index (χ3v) is 6.39. The van der Waals surface area contributed by atoms with E-state index in [-0.39, 0.29) is 4.90 Å². The normalized spacial score (nSPS) is 11.3. The van der Waals surface area contributed by atoms with Gasteiger partial charge in [0.15, 0.2) is 16.6 Å². The lowest BCUT2D eigenvalue weighted by atomic mass is 10.2. The highest BCUT2D eigenvalue weighted by atomic mass is 32.2. The van der Waals surface area contributed by atoms with Crippen molar-refractivity contribution in [3.05, 3.63) is 54.3 Å². The molecule has 2 aromatic heterocycles. The number of thiazole rings is 1. The standard InChI is InChI=1S/C19H17N5O4S2/c1-27-16-9-14-15(10-17(16)28-2)21-11-22-18(14)23-12-3-5-13(6-4-12)30(25,26)24-19-20-7-8-29-19/h3-11H,1-2H3,(H,20,24)(H,21,22,23). The molecule has 9 nitrogen and oxygen atoms in total. The molecule has 0 aliphatic heterocycles. The lowest BCUT2D eigenvalue weighted by molar-refractivity contribution is 0.356. The minimum absolute atomic E-state index is 0.127. The van der Waals surface area contributed by atoms with E-state index in [1.54, 1.807) is 43.9 Å². The molecule has 4 aromatic rings. The second kappa shape index (κ2) is 8.13. The maximum Gasteiger partial charge on any atom is 0.263 e. The Labute approximate surface area is 176 Å². The highest BCUT2D eigenvalue weighted by Crippen LogP contribution is 2.34. The number of rotatable bonds is 7. The minimum atomic E-state index is -3.71. The average Bonchev–Trinajstić information content (AvgIpc) is 3.25. The average molecular weight is 444 g/mol. The van der Waals surface area contributed by atoms with Crippen molar-refractivity contribution in [2.45, 2.75) is 4.90 Å². The largest absolute Gasteiger partial charge is 0.493 e. The molecule has 0 fully saturated rings. The Bertz CT molecular complexity index is 1280. The van der Waals surface area contributed by atoms with Crippen molar-refractivity contribution in [2.75, 3.05) is 24.3 Å². The molecule has 0 radical (unpaired) electrons. The van der Waals surface area contributed by atoms with Crippen LogP contribution < -0.4 is 19.5 Å². The third-order valence-electron chi connectivity index (χ3n) is 4.22. The molecule has 2 N–H and O–H groups in total. The smallest absolute Gasteiger partial charge is 0.263 e. The Balaban J connectivity index is 1.61. The first kappa shape index (κ1) is 19.9. The van der Waals surface area contributed by atoms with Crippen LogP contribution in [0.15, 0.2) is 59.2 Å². The van der Waals surface area contributed by atoms with Crippen molar-refractivity contribution in [1.29, 1.82) is 0 Å². The number of sulfonamides is 1. The van der Waals surface area contributed by atoms with Crippen molar-refractivity contribution >= 4 is 48.9 Å². The Morgan fingerprint density at radius 3 is 2.37 bits per heavy atom. The van der Waals surface area contributed by atoms with Gasteiger partial charge in [-0.25, -0.2) is 23.4 Å². The number of aromatic nitrogens is 3. The molecule has 2 heterocycles. The van der Waals surface area contributed by atoms with Gasteiger partial charge in [0.1, 0.15) is 12.1 Å². The summed E-state index contributed by atoms with van der Waals surface area (Å²) >= 11 is 1.21. The number of nitrogens with one attached hydrogen (secondary N) is 2. The summed E-state index contributed by atoms with van der Waals surface area (Å²) in [7, 11) is -0.597. The molecule has 0 atom stereocenters. The number of hydrogen-bond acceptors (Lipinski definition) is 9. The van der Waals surface area contributed by atoms with Gasteiger partial charge in [-0.2, -0.15) is 0 Å². The molecular formula is C19H17N5O4S2. The van der Waals surface area contributed by atoms with Gasteiger partial charge in [-0.05, 0) is 30.3 Å². The molecule has 154 valence electrons. The first-order valence-corrected chi connectivity index (χ1v) is 11.0. The number of fused-ring (bicyclic) bond motifs is 1. The molecule has 0 bridgehead atoms. The van der Waals surface area contributed by atoms with Crippen molar-refractivity contribution in [3.63, 3.8) is 0 Å². The van der Waals surface area contributed by atoms with Gasteiger partial charge in [-0.15, -0.1) is 11.3 Å². The fourth-order valence-electron chi connectivity index (χ4n) is 2.78. The van der Waals surface area contributed by atoms with Crippen LogP contribution in [0, 0.1) is 0 Å². The highest BCUT2D eigenvalue weighted by Gasteiger charge is 2.16. The second-order valence-corrected chi connectivity index (χ2v) is 8.62. The van der Waals surface area contributed by atoms with Gasteiger partial charge in [-0.3, -0.25) is 4.72 Å². The van der Waals surface area contributed by atoms with E-state index in [0.717, 1.165) is 5.39 Å². The Kier molecular flexibility index (Phi) is 5.38. The molecule has 0 aliphatic rings. The zero-order valence-corrected chi connectivity index (χ0v) is 17.6. The zero-order valence-electron chi connectivity index (χ0n) is 16.0. The molecule has 0 saturated heterocycles. The van der Waals surface area contributed by atoms with Gasteiger partial charge in [0.05, 0.1) is 24.6 Å². The quantitative estimate of drug-likeness (QED) is 0.445. The number of hydrogen-bond donors (Lipinski definition) is 2. The number of nitrogens with zero attached hydrogens (tertiary/aromatic N) is 3. The predicted octanol–water partition coefficient (Wildman–Crippen LogP) is 3.65.